The van der Waals surface area contributed by atoms with Gasteiger partial charge in [-0.25, -0.2) is 8.42 Å². The van der Waals surface area contributed by atoms with E-state index >= 15 is 0 Å². The standard InChI is InChI=1S/C15H27N5O2S/c1-4-13-23(21,22)20-11-9-19(10-12-20)15-8-7-14(16-17-15)18(5-2)6-3/h7-8H,4-6,9-13H2,1-3H3. The maximum absolute atomic E-state index is 12.1. The highest BCUT2D eigenvalue weighted by atomic mass is 32.2. The van der Waals surface area contributed by atoms with Gasteiger partial charge in [-0.3, -0.25) is 0 Å². The molecule has 0 spiro atoms. The third kappa shape index (κ3) is 4.32. The van der Waals surface area contributed by atoms with Gasteiger partial charge in [-0.15, -0.1) is 10.2 Å². The first-order chi connectivity index (χ1) is 11.0. The Morgan fingerprint density at radius 2 is 1.70 bits per heavy atom. The van der Waals surface area contributed by atoms with Gasteiger partial charge in [-0.1, -0.05) is 6.92 Å². The van der Waals surface area contributed by atoms with Crippen LogP contribution in [0.1, 0.15) is 27.2 Å². The molecule has 1 aliphatic rings. The minimum absolute atomic E-state index is 0.228. The molecule has 2 rings (SSSR count). The molecular weight excluding hydrogens is 314 g/mol. The number of hydrogen-bond acceptors (Lipinski definition) is 6. The molecule has 0 radical (unpaired) electrons. The van der Waals surface area contributed by atoms with E-state index in [9.17, 15) is 8.42 Å². The lowest BCUT2D eigenvalue weighted by Gasteiger charge is -2.34. The first-order valence-corrected chi connectivity index (χ1v) is 9.94. The number of aromatic nitrogens is 2. The predicted octanol–water partition coefficient (Wildman–Crippen LogP) is 1.18. The maximum Gasteiger partial charge on any atom is 0.214 e. The molecule has 0 amide bonds. The second kappa shape index (κ2) is 7.92. The van der Waals surface area contributed by atoms with Gasteiger partial charge in [0.15, 0.2) is 11.6 Å². The number of piperazine rings is 1. The summed E-state index contributed by atoms with van der Waals surface area (Å²) in [7, 11) is -3.10. The molecule has 0 unspecified atom stereocenters. The molecule has 0 saturated carbocycles. The predicted molar refractivity (Wildman–Crippen MR) is 93.5 cm³/mol. The maximum atomic E-state index is 12.1. The van der Waals surface area contributed by atoms with Gasteiger partial charge in [0, 0.05) is 39.3 Å². The molecule has 1 aromatic rings. The lowest BCUT2D eigenvalue weighted by Crippen LogP contribution is -2.49. The second-order valence-corrected chi connectivity index (χ2v) is 7.71. The summed E-state index contributed by atoms with van der Waals surface area (Å²) >= 11 is 0. The van der Waals surface area contributed by atoms with E-state index in [1.54, 1.807) is 4.31 Å². The molecule has 1 aromatic heterocycles. The largest absolute Gasteiger partial charge is 0.356 e. The Balaban J connectivity index is 1.98. The van der Waals surface area contributed by atoms with Gasteiger partial charge in [-0.2, -0.15) is 4.31 Å². The van der Waals surface area contributed by atoms with Crippen LogP contribution in [0.4, 0.5) is 11.6 Å². The van der Waals surface area contributed by atoms with Gasteiger partial charge < -0.3 is 9.80 Å². The van der Waals surface area contributed by atoms with Crippen molar-refractivity contribution in [1.29, 1.82) is 0 Å². The summed E-state index contributed by atoms with van der Waals surface area (Å²) in [6.07, 6.45) is 0.654. The van der Waals surface area contributed by atoms with E-state index < -0.39 is 10.0 Å². The summed E-state index contributed by atoms with van der Waals surface area (Å²) in [5, 5.41) is 8.60. The first kappa shape index (κ1) is 17.9. The van der Waals surface area contributed by atoms with Crippen LogP contribution < -0.4 is 9.80 Å². The summed E-state index contributed by atoms with van der Waals surface area (Å²) < 4.78 is 25.8. The Morgan fingerprint density at radius 1 is 1.04 bits per heavy atom. The van der Waals surface area contributed by atoms with Crippen molar-refractivity contribution < 1.29 is 8.42 Å². The second-order valence-electron chi connectivity index (χ2n) is 5.62. The van der Waals surface area contributed by atoms with Crippen LogP contribution in [-0.2, 0) is 10.0 Å². The van der Waals surface area contributed by atoms with Gasteiger partial charge in [0.25, 0.3) is 0 Å². The zero-order valence-electron chi connectivity index (χ0n) is 14.3. The highest BCUT2D eigenvalue weighted by Crippen LogP contribution is 2.17. The van der Waals surface area contributed by atoms with Crippen molar-refractivity contribution in [3.05, 3.63) is 12.1 Å². The third-order valence-electron chi connectivity index (χ3n) is 4.14. The van der Waals surface area contributed by atoms with Gasteiger partial charge in [0.05, 0.1) is 5.75 Å². The molecule has 2 heterocycles. The van der Waals surface area contributed by atoms with Gasteiger partial charge in [-0.05, 0) is 32.4 Å². The Bertz CT molecular complexity index is 578. The summed E-state index contributed by atoms with van der Waals surface area (Å²) in [6, 6.07) is 3.95. The van der Waals surface area contributed by atoms with E-state index in [2.05, 4.69) is 33.8 Å². The van der Waals surface area contributed by atoms with E-state index in [0.29, 0.717) is 32.6 Å². The molecule has 1 saturated heterocycles. The van der Waals surface area contributed by atoms with Crippen LogP contribution in [0.2, 0.25) is 0 Å². The fraction of sp³-hybridized carbons (Fsp3) is 0.733. The lowest BCUT2D eigenvalue weighted by atomic mass is 10.3. The van der Waals surface area contributed by atoms with Gasteiger partial charge >= 0.3 is 0 Å². The third-order valence-corrected chi connectivity index (χ3v) is 6.22. The highest BCUT2D eigenvalue weighted by molar-refractivity contribution is 7.89. The summed E-state index contributed by atoms with van der Waals surface area (Å²) in [4.78, 5) is 4.24. The molecule has 1 fully saturated rings. The minimum atomic E-state index is -3.10. The topological polar surface area (TPSA) is 69.6 Å². The highest BCUT2D eigenvalue weighted by Gasteiger charge is 2.26. The molecule has 0 aromatic carbocycles. The van der Waals surface area contributed by atoms with E-state index in [-0.39, 0.29) is 5.75 Å². The fourth-order valence-electron chi connectivity index (χ4n) is 2.79. The van der Waals surface area contributed by atoms with Crippen LogP contribution in [-0.4, -0.2) is 67.9 Å². The summed E-state index contributed by atoms with van der Waals surface area (Å²) in [6.45, 7) is 10.2. The monoisotopic (exact) mass is 341 g/mol. The molecule has 0 aliphatic carbocycles. The van der Waals surface area contributed by atoms with E-state index in [1.165, 1.54) is 0 Å². The van der Waals surface area contributed by atoms with Crippen molar-refractivity contribution in [3.63, 3.8) is 0 Å². The molecular formula is C15H27N5O2S. The molecule has 7 nitrogen and oxygen atoms in total. The normalized spacial score (nSPS) is 16.6. The van der Waals surface area contributed by atoms with E-state index in [0.717, 1.165) is 24.7 Å². The number of nitrogens with zero attached hydrogens (tertiary/aromatic N) is 5. The van der Waals surface area contributed by atoms with Crippen molar-refractivity contribution >= 4 is 21.7 Å². The van der Waals surface area contributed by atoms with Crippen molar-refractivity contribution in [1.82, 2.24) is 14.5 Å². The zero-order chi connectivity index (χ0) is 16.9. The van der Waals surface area contributed by atoms with Crippen LogP contribution in [0.3, 0.4) is 0 Å². The Kier molecular flexibility index (Phi) is 6.17. The molecule has 0 N–H and O–H groups in total. The Morgan fingerprint density at radius 3 is 2.17 bits per heavy atom. The van der Waals surface area contributed by atoms with E-state index in [4.69, 9.17) is 0 Å². The number of anilines is 2. The quantitative estimate of drug-likeness (QED) is 0.742. The first-order valence-electron chi connectivity index (χ1n) is 8.33. The molecule has 0 bridgehead atoms. The van der Waals surface area contributed by atoms with Gasteiger partial charge in [0.1, 0.15) is 0 Å². The molecule has 1 aliphatic heterocycles. The van der Waals surface area contributed by atoms with Crippen LogP contribution in [0, 0.1) is 0 Å². The van der Waals surface area contributed by atoms with E-state index in [1.807, 2.05) is 19.1 Å². The molecule has 0 atom stereocenters. The molecule has 8 heteroatoms. The zero-order valence-corrected chi connectivity index (χ0v) is 15.1. The van der Waals surface area contributed by atoms with Crippen molar-refractivity contribution in [2.75, 3.05) is 54.8 Å². The summed E-state index contributed by atoms with van der Waals surface area (Å²) in [5.41, 5.74) is 0. The molecule has 23 heavy (non-hydrogen) atoms. The van der Waals surface area contributed by atoms with Crippen molar-refractivity contribution in [3.8, 4) is 0 Å². The number of sulfonamides is 1. The average molecular weight is 341 g/mol. The van der Waals surface area contributed by atoms with Crippen LogP contribution in [0.15, 0.2) is 12.1 Å². The SMILES string of the molecule is CCCS(=O)(=O)N1CCN(c2ccc(N(CC)CC)nn2)CC1. The lowest BCUT2D eigenvalue weighted by molar-refractivity contribution is 0.383. The average Bonchev–Trinajstić information content (AvgIpc) is 2.57. The fourth-order valence-corrected chi connectivity index (χ4v) is 4.28. The van der Waals surface area contributed by atoms with Crippen molar-refractivity contribution in [2.24, 2.45) is 0 Å². The Hall–Kier alpha value is -1.41. The van der Waals surface area contributed by atoms with Crippen LogP contribution in [0.5, 0.6) is 0 Å². The molecule has 130 valence electrons. The van der Waals surface area contributed by atoms with Crippen LogP contribution >= 0.6 is 0 Å². The minimum Gasteiger partial charge on any atom is -0.356 e. The van der Waals surface area contributed by atoms with Crippen molar-refractivity contribution in [2.45, 2.75) is 27.2 Å². The summed E-state index contributed by atoms with van der Waals surface area (Å²) in [5.74, 6) is 1.92. The number of hydrogen-bond donors (Lipinski definition) is 0. The number of rotatable bonds is 7. The van der Waals surface area contributed by atoms with Crippen LogP contribution in [0.25, 0.3) is 0 Å². The van der Waals surface area contributed by atoms with Gasteiger partial charge in [0.2, 0.25) is 10.0 Å². The Labute approximate surface area is 139 Å². The smallest absolute Gasteiger partial charge is 0.214 e.